The molecule has 3 heterocycles. The van der Waals surface area contributed by atoms with Crippen LogP contribution in [0, 0.1) is 5.92 Å². The Bertz CT molecular complexity index is 1990. The third kappa shape index (κ3) is 6.14. The number of aromatic hydroxyl groups is 2. The van der Waals surface area contributed by atoms with Crippen molar-refractivity contribution in [3.63, 3.8) is 0 Å². The molecule has 3 aromatic rings. The van der Waals surface area contributed by atoms with Gasteiger partial charge in [0.25, 0.3) is 5.91 Å². The van der Waals surface area contributed by atoms with Gasteiger partial charge in [0, 0.05) is 36.3 Å². The van der Waals surface area contributed by atoms with Gasteiger partial charge in [-0.05, 0) is 53.3 Å². The molecule has 3 aromatic carbocycles. The lowest BCUT2D eigenvalue weighted by Crippen LogP contribution is -2.60. The molecule has 52 heavy (non-hydrogen) atoms. The number of carbonyl (C=O) groups is 2. The van der Waals surface area contributed by atoms with E-state index < -0.39 is 72.3 Å². The fourth-order valence-corrected chi connectivity index (χ4v) is 7.47. The van der Waals surface area contributed by atoms with E-state index in [9.17, 15) is 45.3 Å². The van der Waals surface area contributed by atoms with Gasteiger partial charge in [0.15, 0.2) is 17.0 Å². The number of aliphatic hydroxyl groups is 4. The van der Waals surface area contributed by atoms with E-state index in [1.807, 2.05) is 30.3 Å². The number of rotatable bonds is 10. The largest absolute Gasteiger partial charge is 0.508 e. The van der Waals surface area contributed by atoms with E-state index in [0.29, 0.717) is 41.9 Å². The summed E-state index contributed by atoms with van der Waals surface area (Å²) in [4.78, 5) is 37.2. The van der Waals surface area contributed by atoms with Crippen molar-refractivity contribution in [3.8, 4) is 17.2 Å². The summed E-state index contributed by atoms with van der Waals surface area (Å²) in [6.07, 6.45) is 0.244. The number of hydrogen-bond donors (Lipinski definition) is 7. The van der Waals surface area contributed by atoms with Crippen LogP contribution in [0.15, 0.2) is 88.9 Å². The smallest absolute Gasteiger partial charge is 0.334 e. The van der Waals surface area contributed by atoms with Crippen molar-refractivity contribution in [1.82, 2.24) is 0 Å². The Labute approximate surface area is 297 Å². The van der Waals surface area contributed by atoms with Crippen LogP contribution in [0.2, 0.25) is 0 Å². The number of aliphatic hydroxyl groups excluding tert-OH is 4. The fraction of sp³-hybridized carbons (Fsp3) is 0.316. The molecule has 14 nitrogen and oxygen atoms in total. The van der Waals surface area contributed by atoms with E-state index in [-0.39, 0.29) is 17.2 Å². The van der Waals surface area contributed by atoms with Gasteiger partial charge in [-0.25, -0.2) is 4.79 Å². The van der Waals surface area contributed by atoms with Crippen molar-refractivity contribution in [2.75, 3.05) is 18.2 Å². The molecule has 1 aliphatic carbocycles. The van der Waals surface area contributed by atoms with Crippen LogP contribution in [0.3, 0.4) is 0 Å². The second-order valence-electron chi connectivity index (χ2n) is 13.2. The Morgan fingerprint density at radius 2 is 1.79 bits per heavy atom. The number of carboxylic acids is 1. The van der Waals surface area contributed by atoms with Gasteiger partial charge in [0.05, 0.1) is 18.0 Å². The molecule has 1 amide bonds. The Hall–Kier alpha value is -5.38. The average Bonchev–Trinajstić information content (AvgIpc) is 3.85. The van der Waals surface area contributed by atoms with Gasteiger partial charge in [-0.2, -0.15) is 0 Å². The van der Waals surface area contributed by atoms with Crippen LogP contribution in [0.4, 0.5) is 5.69 Å². The summed E-state index contributed by atoms with van der Waals surface area (Å²) in [6, 6.07) is 16.8. The molecule has 0 radical (unpaired) electrons. The summed E-state index contributed by atoms with van der Waals surface area (Å²) in [6.45, 7) is -0.388. The summed E-state index contributed by atoms with van der Waals surface area (Å²) < 4.78 is 11.3. The van der Waals surface area contributed by atoms with E-state index >= 15 is 0 Å². The van der Waals surface area contributed by atoms with E-state index in [1.165, 1.54) is 36.4 Å². The van der Waals surface area contributed by atoms with Gasteiger partial charge >= 0.3 is 5.97 Å². The SMILES string of the molecule is O=C(C=Cc1ccc(O)c(CC2=NCN=C2)c1)N1c2cc(O[C@H]3O[C@H](CO)[C@@H](O)[C@H](O)[C@H]3O)c(O)cc2[C@H]2[C@@H](Cc3ccccc3)C=C[C@@]21C(=O)O. The maximum absolute atomic E-state index is 14.3. The first kappa shape index (κ1) is 35.0. The number of benzene rings is 3. The highest BCUT2D eigenvalue weighted by atomic mass is 16.7. The van der Waals surface area contributed by atoms with Crippen LogP contribution in [0.1, 0.15) is 28.2 Å². The minimum atomic E-state index is -1.91. The van der Waals surface area contributed by atoms with Crippen LogP contribution in [-0.4, -0.2) is 109 Å². The third-order valence-corrected chi connectivity index (χ3v) is 10.0. The first-order valence-electron chi connectivity index (χ1n) is 16.7. The summed E-state index contributed by atoms with van der Waals surface area (Å²) in [7, 11) is 0. The molecule has 270 valence electrons. The molecule has 7 rings (SSSR count). The monoisotopic (exact) mass is 711 g/mol. The molecule has 0 bridgehead atoms. The number of ether oxygens (including phenoxy) is 2. The molecule has 14 heteroatoms. The van der Waals surface area contributed by atoms with Crippen LogP contribution >= 0.6 is 0 Å². The number of nitrogens with zero attached hydrogens (tertiary/aromatic N) is 3. The molecular formula is C38H37N3O11. The number of carbonyl (C=O) groups excluding carboxylic acids is 1. The number of fused-ring (bicyclic) bond motifs is 3. The number of anilines is 1. The zero-order chi connectivity index (χ0) is 36.7. The highest BCUT2D eigenvalue weighted by Gasteiger charge is 2.62. The summed E-state index contributed by atoms with van der Waals surface area (Å²) in [5, 5.41) is 73.4. The molecule has 8 atom stereocenters. The Morgan fingerprint density at radius 3 is 2.50 bits per heavy atom. The molecule has 0 spiro atoms. The second kappa shape index (κ2) is 14.0. The summed E-state index contributed by atoms with van der Waals surface area (Å²) >= 11 is 0. The predicted molar refractivity (Wildman–Crippen MR) is 188 cm³/mol. The first-order valence-corrected chi connectivity index (χ1v) is 16.7. The third-order valence-electron chi connectivity index (χ3n) is 10.0. The second-order valence-corrected chi connectivity index (χ2v) is 13.2. The van der Waals surface area contributed by atoms with E-state index in [1.54, 1.807) is 24.4 Å². The zero-order valence-corrected chi connectivity index (χ0v) is 27.6. The molecule has 1 fully saturated rings. The molecule has 4 aliphatic rings. The lowest BCUT2D eigenvalue weighted by Gasteiger charge is -2.39. The zero-order valence-electron chi connectivity index (χ0n) is 27.6. The standard InChI is InChI=1S/C38H37N3O11/c42-18-30-33(46)34(47)35(48)36(52-30)51-29-16-26-25(15-28(29)44)32-22(12-20-4-2-1-3-5-20)10-11-38(32,37(49)50)41(26)31(45)9-7-21-6-8-27(43)23(13-21)14-24-17-39-19-40-24/h1-11,13,15-17,22,30,32-36,42-44,46-48H,12,14,18-19H2,(H,49,50)/t22-,30-,32-,33-,34+,35-,36+,38+/m1/s1. The molecule has 0 saturated carbocycles. The average molecular weight is 712 g/mol. The highest BCUT2D eigenvalue weighted by molar-refractivity contribution is 6.32. The first-order chi connectivity index (χ1) is 25.0. The van der Waals surface area contributed by atoms with E-state index in [4.69, 9.17) is 9.47 Å². The van der Waals surface area contributed by atoms with Gasteiger partial charge in [0.2, 0.25) is 6.29 Å². The molecule has 1 saturated heterocycles. The van der Waals surface area contributed by atoms with Crippen molar-refractivity contribution in [2.24, 2.45) is 15.9 Å². The molecule has 0 unspecified atom stereocenters. The minimum absolute atomic E-state index is 0.0416. The van der Waals surface area contributed by atoms with Gasteiger partial charge in [0.1, 0.15) is 36.8 Å². The summed E-state index contributed by atoms with van der Waals surface area (Å²) in [5.41, 5.74) is 1.32. The van der Waals surface area contributed by atoms with E-state index in [0.717, 1.165) is 10.5 Å². The molecule has 7 N–H and O–H groups in total. The number of allylic oxidation sites excluding steroid dienone is 1. The maximum Gasteiger partial charge on any atom is 0.334 e. The number of carboxylic acid groups (broad SMARTS) is 1. The summed E-state index contributed by atoms with van der Waals surface area (Å²) in [5.74, 6) is -3.97. The Kier molecular flexibility index (Phi) is 9.42. The lowest BCUT2D eigenvalue weighted by atomic mass is 9.77. The van der Waals surface area contributed by atoms with Crippen molar-refractivity contribution in [2.45, 2.75) is 55.0 Å². The van der Waals surface area contributed by atoms with E-state index in [2.05, 4.69) is 9.98 Å². The number of amides is 1. The van der Waals surface area contributed by atoms with Crippen molar-refractivity contribution in [3.05, 3.63) is 101 Å². The minimum Gasteiger partial charge on any atom is -0.508 e. The highest BCUT2D eigenvalue weighted by Crippen LogP contribution is 2.58. The number of phenolic OH excluding ortho intramolecular Hbond substituents is 2. The Morgan fingerprint density at radius 1 is 1.00 bits per heavy atom. The molecule has 3 aliphatic heterocycles. The van der Waals surface area contributed by atoms with Gasteiger partial charge in [-0.1, -0.05) is 48.6 Å². The normalized spacial score (nSPS) is 29.0. The number of aliphatic carboxylic acids is 1. The van der Waals surface area contributed by atoms with Gasteiger partial charge in [-0.3, -0.25) is 19.7 Å². The molecule has 0 aromatic heterocycles. The van der Waals surface area contributed by atoms with Crippen molar-refractivity contribution < 1.29 is 54.8 Å². The number of aliphatic imine (C=N–C) groups is 2. The van der Waals surface area contributed by atoms with Crippen LogP contribution in [0.25, 0.3) is 6.08 Å². The fourth-order valence-electron chi connectivity index (χ4n) is 7.47. The van der Waals surface area contributed by atoms with Gasteiger partial charge < -0.3 is 45.2 Å². The Balaban J connectivity index is 1.27. The van der Waals surface area contributed by atoms with Crippen LogP contribution < -0.4 is 9.64 Å². The lowest BCUT2D eigenvalue weighted by molar-refractivity contribution is -0.277. The van der Waals surface area contributed by atoms with Crippen molar-refractivity contribution in [1.29, 1.82) is 0 Å². The predicted octanol–water partition coefficient (Wildman–Crippen LogP) is 1.70. The quantitative estimate of drug-likeness (QED) is 0.118. The maximum atomic E-state index is 14.3. The topological polar surface area (TPSA) is 222 Å². The molecular weight excluding hydrogens is 674 g/mol. The number of hydrogen-bond acceptors (Lipinski definition) is 12. The van der Waals surface area contributed by atoms with Crippen LogP contribution in [0.5, 0.6) is 17.2 Å². The van der Waals surface area contributed by atoms with Crippen LogP contribution in [-0.2, 0) is 27.2 Å². The number of phenols is 2. The van der Waals surface area contributed by atoms with Crippen molar-refractivity contribution >= 4 is 35.6 Å². The van der Waals surface area contributed by atoms with Gasteiger partial charge in [-0.15, -0.1) is 0 Å².